The van der Waals surface area contributed by atoms with E-state index < -0.39 is 0 Å². The first-order chi connectivity index (χ1) is 10.7. The molecule has 2 N–H and O–H groups in total. The highest BCUT2D eigenvalue weighted by Gasteiger charge is 2.01. The first-order valence-electron chi connectivity index (χ1n) is 7.78. The summed E-state index contributed by atoms with van der Waals surface area (Å²) in [6.45, 7) is 6.71. The molecular formula is C16H25N5S. The van der Waals surface area contributed by atoms with Crippen molar-refractivity contribution in [1.82, 2.24) is 20.4 Å². The lowest BCUT2D eigenvalue weighted by Crippen LogP contribution is -2.38. The van der Waals surface area contributed by atoms with Crippen molar-refractivity contribution in [3.8, 4) is 0 Å². The molecule has 0 aromatic carbocycles. The van der Waals surface area contributed by atoms with Crippen molar-refractivity contribution >= 4 is 17.3 Å². The molecule has 2 aromatic rings. The standard InChI is InChI=1S/C16H25N5S/c1-4-14-6-7-15(22-14)11-19-16(17-5-2)18-9-8-13-10-20-21(3)12-13/h6-7,10,12H,4-5,8-9,11H2,1-3H3,(H2,17,18,19). The number of guanidine groups is 1. The number of nitrogens with zero attached hydrogens (tertiary/aromatic N) is 3. The number of aliphatic imine (C=N–C) groups is 1. The Hall–Kier alpha value is -1.82. The smallest absolute Gasteiger partial charge is 0.191 e. The predicted molar refractivity (Wildman–Crippen MR) is 93.4 cm³/mol. The first kappa shape index (κ1) is 16.5. The molecule has 0 aliphatic heterocycles. The van der Waals surface area contributed by atoms with Crippen LogP contribution in [0.15, 0.2) is 29.5 Å². The Labute approximate surface area is 136 Å². The summed E-state index contributed by atoms with van der Waals surface area (Å²) in [5.41, 5.74) is 1.23. The zero-order chi connectivity index (χ0) is 15.8. The quantitative estimate of drug-likeness (QED) is 0.608. The van der Waals surface area contributed by atoms with E-state index in [0.29, 0.717) is 0 Å². The van der Waals surface area contributed by atoms with E-state index in [1.54, 1.807) is 0 Å². The highest BCUT2D eigenvalue weighted by molar-refractivity contribution is 7.11. The van der Waals surface area contributed by atoms with Crippen molar-refractivity contribution in [2.45, 2.75) is 33.2 Å². The van der Waals surface area contributed by atoms with Gasteiger partial charge in [0.05, 0.1) is 12.7 Å². The number of nitrogens with one attached hydrogen (secondary N) is 2. The van der Waals surface area contributed by atoms with E-state index in [0.717, 1.165) is 38.4 Å². The van der Waals surface area contributed by atoms with Crippen LogP contribution in [-0.4, -0.2) is 28.8 Å². The Bertz CT molecular complexity index is 599. The summed E-state index contributed by atoms with van der Waals surface area (Å²) >= 11 is 1.84. The third kappa shape index (κ3) is 5.18. The van der Waals surface area contributed by atoms with Gasteiger partial charge in [0, 0.05) is 36.1 Å². The Morgan fingerprint density at radius 2 is 2.09 bits per heavy atom. The average Bonchev–Trinajstić information content (AvgIpc) is 3.13. The van der Waals surface area contributed by atoms with Crippen LogP contribution in [0.4, 0.5) is 0 Å². The highest BCUT2D eigenvalue weighted by Crippen LogP contribution is 2.17. The van der Waals surface area contributed by atoms with E-state index in [1.807, 2.05) is 35.5 Å². The Morgan fingerprint density at radius 1 is 1.27 bits per heavy atom. The fourth-order valence-electron chi connectivity index (χ4n) is 2.12. The molecular weight excluding hydrogens is 294 g/mol. The SMILES string of the molecule is CCNC(=NCc1ccc(CC)s1)NCCc1cnn(C)c1. The Morgan fingerprint density at radius 3 is 2.73 bits per heavy atom. The van der Waals surface area contributed by atoms with Gasteiger partial charge in [0.2, 0.25) is 0 Å². The second-order valence-corrected chi connectivity index (χ2v) is 6.37. The van der Waals surface area contributed by atoms with Gasteiger partial charge in [-0.2, -0.15) is 5.10 Å². The minimum atomic E-state index is 0.729. The van der Waals surface area contributed by atoms with E-state index >= 15 is 0 Å². The van der Waals surface area contributed by atoms with Crippen LogP contribution in [0.3, 0.4) is 0 Å². The minimum Gasteiger partial charge on any atom is -0.357 e. The summed E-state index contributed by atoms with van der Waals surface area (Å²) in [6, 6.07) is 4.37. The monoisotopic (exact) mass is 319 g/mol. The summed E-state index contributed by atoms with van der Waals surface area (Å²) in [4.78, 5) is 7.37. The molecule has 0 unspecified atom stereocenters. The molecule has 2 rings (SSSR count). The van der Waals surface area contributed by atoms with Crippen LogP contribution in [0.2, 0.25) is 0 Å². The number of thiophene rings is 1. The minimum absolute atomic E-state index is 0.729. The fourth-order valence-corrected chi connectivity index (χ4v) is 3.00. The van der Waals surface area contributed by atoms with Crippen LogP contribution in [0, 0.1) is 0 Å². The molecule has 0 aliphatic carbocycles. The van der Waals surface area contributed by atoms with Crippen LogP contribution in [0.5, 0.6) is 0 Å². The third-order valence-electron chi connectivity index (χ3n) is 3.27. The zero-order valence-corrected chi connectivity index (χ0v) is 14.4. The van der Waals surface area contributed by atoms with Gasteiger partial charge in [-0.05, 0) is 37.5 Å². The summed E-state index contributed by atoms with van der Waals surface area (Å²) < 4.78 is 1.83. The van der Waals surface area contributed by atoms with E-state index in [1.165, 1.54) is 15.3 Å². The lowest BCUT2D eigenvalue weighted by molar-refractivity contribution is 0.765. The Kier molecular flexibility index (Phi) is 6.45. The maximum absolute atomic E-state index is 4.65. The highest BCUT2D eigenvalue weighted by atomic mass is 32.1. The molecule has 2 aromatic heterocycles. The molecule has 2 heterocycles. The molecule has 0 amide bonds. The summed E-state index contributed by atoms with van der Waals surface area (Å²) in [5, 5.41) is 10.8. The van der Waals surface area contributed by atoms with Gasteiger partial charge >= 0.3 is 0 Å². The van der Waals surface area contributed by atoms with Gasteiger partial charge in [-0.15, -0.1) is 11.3 Å². The molecule has 0 bridgehead atoms. The van der Waals surface area contributed by atoms with E-state index in [4.69, 9.17) is 0 Å². The number of hydrogen-bond acceptors (Lipinski definition) is 3. The molecule has 0 atom stereocenters. The van der Waals surface area contributed by atoms with E-state index in [-0.39, 0.29) is 0 Å². The van der Waals surface area contributed by atoms with E-state index in [9.17, 15) is 0 Å². The van der Waals surface area contributed by atoms with Gasteiger partial charge in [-0.25, -0.2) is 4.99 Å². The second kappa shape index (κ2) is 8.58. The van der Waals surface area contributed by atoms with Gasteiger partial charge < -0.3 is 10.6 Å². The molecule has 120 valence electrons. The van der Waals surface area contributed by atoms with Crippen molar-refractivity contribution in [3.63, 3.8) is 0 Å². The molecule has 0 aliphatic rings. The van der Waals surface area contributed by atoms with Crippen molar-refractivity contribution in [2.75, 3.05) is 13.1 Å². The van der Waals surface area contributed by atoms with Crippen molar-refractivity contribution in [1.29, 1.82) is 0 Å². The fraction of sp³-hybridized carbons (Fsp3) is 0.500. The molecule has 0 saturated carbocycles. The first-order valence-corrected chi connectivity index (χ1v) is 8.60. The lowest BCUT2D eigenvalue weighted by Gasteiger charge is -2.10. The zero-order valence-electron chi connectivity index (χ0n) is 13.6. The van der Waals surface area contributed by atoms with Gasteiger partial charge in [0.1, 0.15) is 0 Å². The van der Waals surface area contributed by atoms with Gasteiger partial charge in [0.15, 0.2) is 5.96 Å². The van der Waals surface area contributed by atoms with Crippen LogP contribution >= 0.6 is 11.3 Å². The van der Waals surface area contributed by atoms with Gasteiger partial charge in [-0.1, -0.05) is 6.92 Å². The number of aryl methyl sites for hydroxylation is 2. The summed E-state index contributed by atoms with van der Waals surface area (Å²) in [6.07, 6.45) is 5.99. The maximum Gasteiger partial charge on any atom is 0.191 e. The largest absolute Gasteiger partial charge is 0.357 e. The third-order valence-corrected chi connectivity index (χ3v) is 4.48. The molecule has 5 nitrogen and oxygen atoms in total. The van der Waals surface area contributed by atoms with Crippen molar-refractivity contribution in [3.05, 3.63) is 39.8 Å². The predicted octanol–water partition coefficient (Wildman–Crippen LogP) is 2.34. The van der Waals surface area contributed by atoms with Crippen LogP contribution in [0.25, 0.3) is 0 Å². The number of aromatic nitrogens is 2. The van der Waals surface area contributed by atoms with Crippen LogP contribution < -0.4 is 10.6 Å². The molecule has 22 heavy (non-hydrogen) atoms. The molecule has 0 radical (unpaired) electrons. The molecule has 0 spiro atoms. The average molecular weight is 319 g/mol. The van der Waals surface area contributed by atoms with Gasteiger partial charge in [0.25, 0.3) is 0 Å². The van der Waals surface area contributed by atoms with Crippen LogP contribution in [-0.2, 0) is 26.4 Å². The maximum atomic E-state index is 4.65. The summed E-state index contributed by atoms with van der Waals surface area (Å²) in [5.74, 6) is 0.873. The Balaban J connectivity index is 1.83. The number of hydrogen-bond donors (Lipinski definition) is 2. The topological polar surface area (TPSA) is 54.2 Å². The lowest BCUT2D eigenvalue weighted by atomic mass is 10.2. The second-order valence-electron chi connectivity index (χ2n) is 5.12. The molecule has 0 fully saturated rings. The molecule has 6 heteroatoms. The van der Waals surface area contributed by atoms with Gasteiger partial charge in [-0.3, -0.25) is 4.68 Å². The normalized spacial score (nSPS) is 11.7. The van der Waals surface area contributed by atoms with Crippen molar-refractivity contribution in [2.24, 2.45) is 12.0 Å². The van der Waals surface area contributed by atoms with Crippen molar-refractivity contribution < 1.29 is 0 Å². The summed E-state index contributed by atoms with van der Waals surface area (Å²) in [7, 11) is 1.94. The van der Waals surface area contributed by atoms with E-state index in [2.05, 4.69) is 46.7 Å². The van der Waals surface area contributed by atoms with Crippen LogP contribution in [0.1, 0.15) is 29.2 Å². The number of rotatable bonds is 7. The molecule has 0 saturated heterocycles.